The average Bonchev–Trinajstić information content (AvgIpc) is 3.23. The van der Waals surface area contributed by atoms with E-state index < -0.39 is 5.79 Å². The second kappa shape index (κ2) is 6.17. The highest BCUT2D eigenvalue weighted by molar-refractivity contribution is 5.16. The van der Waals surface area contributed by atoms with Gasteiger partial charge in [0, 0.05) is 11.8 Å². The summed E-state index contributed by atoms with van der Waals surface area (Å²) in [7, 11) is 0. The number of hydrogen-bond acceptors (Lipinski definition) is 4. The van der Waals surface area contributed by atoms with Gasteiger partial charge in [-0.1, -0.05) is 13.8 Å². The van der Waals surface area contributed by atoms with Gasteiger partial charge in [-0.15, -0.1) is 0 Å². The van der Waals surface area contributed by atoms with Gasteiger partial charge >= 0.3 is 0 Å². The second-order valence-corrected chi connectivity index (χ2v) is 10.9. The van der Waals surface area contributed by atoms with Gasteiger partial charge in [-0.05, 0) is 86.9 Å². The Morgan fingerprint density at radius 1 is 0.963 bits per heavy atom. The van der Waals surface area contributed by atoms with Crippen LogP contribution in [0.2, 0.25) is 0 Å². The number of ether oxygens (including phenoxy) is 2. The summed E-state index contributed by atoms with van der Waals surface area (Å²) in [5.41, 5.74) is 0.213. The summed E-state index contributed by atoms with van der Waals surface area (Å²) in [5.74, 6) is 2.30. The van der Waals surface area contributed by atoms with Gasteiger partial charge in [-0.3, -0.25) is 0 Å². The summed E-state index contributed by atoms with van der Waals surface area (Å²) >= 11 is 0. The fourth-order valence-corrected chi connectivity index (χ4v) is 8.88. The number of aliphatic hydroxyl groups excluding tert-OH is 2. The van der Waals surface area contributed by atoms with Crippen molar-refractivity contribution in [3.8, 4) is 0 Å². The predicted molar refractivity (Wildman–Crippen MR) is 103 cm³/mol. The third-order valence-corrected chi connectivity index (χ3v) is 10.2. The molecule has 1 aliphatic heterocycles. The van der Waals surface area contributed by atoms with E-state index in [1.807, 2.05) is 6.92 Å². The lowest BCUT2D eigenvalue weighted by molar-refractivity contribution is -0.315. The zero-order valence-corrected chi connectivity index (χ0v) is 17.3. The lowest BCUT2D eigenvalue weighted by atomic mass is 9.43. The van der Waals surface area contributed by atoms with Crippen LogP contribution in [0.1, 0.15) is 72.1 Å². The summed E-state index contributed by atoms with van der Waals surface area (Å²) in [6, 6.07) is 0. The molecule has 1 heterocycles. The van der Waals surface area contributed by atoms with Crippen LogP contribution >= 0.6 is 0 Å². The maximum Gasteiger partial charge on any atom is 0.174 e. The van der Waals surface area contributed by atoms with Crippen LogP contribution < -0.4 is 0 Å². The molecule has 0 aromatic carbocycles. The van der Waals surface area contributed by atoms with Crippen LogP contribution in [-0.4, -0.2) is 41.4 Å². The summed E-state index contributed by atoms with van der Waals surface area (Å²) in [4.78, 5) is 0. The van der Waals surface area contributed by atoms with Crippen LogP contribution in [-0.2, 0) is 9.47 Å². The molecule has 1 saturated heterocycles. The van der Waals surface area contributed by atoms with Crippen LogP contribution in [0.25, 0.3) is 0 Å². The highest BCUT2D eigenvalue weighted by Crippen LogP contribution is 2.71. The molecule has 2 N–H and O–H groups in total. The van der Waals surface area contributed by atoms with Gasteiger partial charge in [0.05, 0.1) is 25.4 Å². The molecule has 8 unspecified atom stereocenters. The molecule has 5 aliphatic rings. The fourth-order valence-electron chi connectivity index (χ4n) is 8.88. The first-order chi connectivity index (χ1) is 12.8. The van der Waals surface area contributed by atoms with E-state index in [1.165, 1.54) is 19.3 Å². The summed E-state index contributed by atoms with van der Waals surface area (Å²) in [5, 5.41) is 20.9. The van der Waals surface area contributed by atoms with Gasteiger partial charge in [0.1, 0.15) is 0 Å². The fraction of sp³-hybridized carbons (Fsp3) is 1.00. The maximum absolute atomic E-state index is 10.6. The second-order valence-electron chi connectivity index (χ2n) is 10.9. The van der Waals surface area contributed by atoms with Crippen LogP contribution in [0.4, 0.5) is 0 Å². The van der Waals surface area contributed by atoms with Crippen LogP contribution in [0.15, 0.2) is 0 Å². The van der Waals surface area contributed by atoms with Crippen molar-refractivity contribution >= 4 is 0 Å². The molecule has 27 heavy (non-hydrogen) atoms. The highest BCUT2D eigenvalue weighted by Gasteiger charge is 2.71. The quantitative estimate of drug-likeness (QED) is 0.730. The first-order valence-electron chi connectivity index (χ1n) is 11.5. The van der Waals surface area contributed by atoms with E-state index in [-0.39, 0.29) is 23.5 Å². The van der Waals surface area contributed by atoms with E-state index in [4.69, 9.17) is 9.47 Å². The van der Waals surface area contributed by atoms with Gasteiger partial charge < -0.3 is 19.7 Å². The molecule has 0 bridgehead atoms. The van der Waals surface area contributed by atoms with Crippen molar-refractivity contribution in [2.24, 2.45) is 40.4 Å². The zero-order valence-electron chi connectivity index (χ0n) is 17.3. The van der Waals surface area contributed by atoms with Gasteiger partial charge in [-0.2, -0.15) is 0 Å². The smallest absolute Gasteiger partial charge is 0.174 e. The lowest BCUT2D eigenvalue weighted by Gasteiger charge is -2.65. The minimum absolute atomic E-state index is 0.0871. The number of hydrogen-bond donors (Lipinski definition) is 2. The predicted octanol–water partition coefficient (Wildman–Crippen LogP) is 3.74. The van der Waals surface area contributed by atoms with Crippen molar-refractivity contribution in [2.45, 2.75) is 90.1 Å². The molecule has 0 aromatic rings. The van der Waals surface area contributed by atoms with E-state index in [1.54, 1.807) is 0 Å². The number of fused-ring (bicyclic) bond motifs is 6. The zero-order chi connectivity index (χ0) is 19.0. The Morgan fingerprint density at radius 2 is 1.70 bits per heavy atom. The largest absolute Gasteiger partial charge is 0.393 e. The summed E-state index contributed by atoms with van der Waals surface area (Å²) in [6.07, 6.45) is 8.47. The van der Waals surface area contributed by atoms with E-state index in [9.17, 15) is 10.2 Å². The van der Waals surface area contributed by atoms with Gasteiger partial charge in [0.2, 0.25) is 0 Å². The standard InChI is InChI=1S/C23H38O4/c1-14(24)18-6-7-19-17-5-4-15-12-16(25)8-9-21(15,2)20(17)13-23(22(18,19)3)26-10-11-27-23/h14-20,24-25H,4-13H2,1-3H3/t14?,15-,16?,17?,18?,19?,20?,21?,22?/m0/s1. The van der Waals surface area contributed by atoms with E-state index >= 15 is 0 Å². The molecule has 0 aromatic heterocycles. The van der Waals surface area contributed by atoms with Crippen molar-refractivity contribution in [3.63, 3.8) is 0 Å². The maximum atomic E-state index is 10.6. The van der Waals surface area contributed by atoms with Crippen LogP contribution in [0, 0.1) is 40.4 Å². The van der Waals surface area contributed by atoms with E-state index in [2.05, 4.69) is 13.8 Å². The Kier molecular flexibility index (Phi) is 4.30. The minimum Gasteiger partial charge on any atom is -0.393 e. The molecule has 1 spiro atoms. The normalized spacial score (nSPS) is 55.0. The third-order valence-electron chi connectivity index (χ3n) is 10.2. The summed E-state index contributed by atoms with van der Waals surface area (Å²) < 4.78 is 13.0. The van der Waals surface area contributed by atoms with Crippen LogP contribution in [0.5, 0.6) is 0 Å². The highest BCUT2D eigenvalue weighted by atomic mass is 16.7. The molecule has 4 aliphatic carbocycles. The number of rotatable bonds is 1. The molecule has 5 rings (SSSR count). The molecule has 154 valence electrons. The first kappa shape index (κ1) is 18.8. The molecule has 4 saturated carbocycles. The number of aliphatic hydroxyl groups is 2. The molecule has 4 nitrogen and oxygen atoms in total. The summed E-state index contributed by atoms with van der Waals surface area (Å²) in [6.45, 7) is 8.22. The third kappa shape index (κ3) is 2.36. The van der Waals surface area contributed by atoms with Crippen molar-refractivity contribution < 1.29 is 19.7 Å². The van der Waals surface area contributed by atoms with Crippen LogP contribution in [0.3, 0.4) is 0 Å². The van der Waals surface area contributed by atoms with Crippen molar-refractivity contribution in [3.05, 3.63) is 0 Å². The average molecular weight is 379 g/mol. The molecule has 5 fully saturated rings. The van der Waals surface area contributed by atoms with Crippen molar-refractivity contribution in [1.82, 2.24) is 0 Å². The van der Waals surface area contributed by atoms with Gasteiger partial charge in [0.15, 0.2) is 5.79 Å². The Morgan fingerprint density at radius 3 is 2.41 bits per heavy atom. The first-order valence-corrected chi connectivity index (χ1v) is 11.5. The molecule has 0 amide bonds. The molecular weight excluding hydrogens is 340 g/mol. The topological polar surface area (TPSA) is 58.9 Å². The Balaban J connectivity index is 1.56. The minimum atomic E-state index is -0.516. The molecule has 4 heteroatoms. The Hall–Kier alpha value is -0.160. The Labute approximate surface area is 164 Å². The molecule has 9 atom stereocenters. The monoisotopic (exact) mass is 378 g/mol. The van der Waals surface area contributed by atoms with Gasteiger partial charge in [0.25, 0.3) is 0 Å². The molecule has 0 radical (unpaired) electrons. The van der Waals surface area contributed by atoms with Gasteiger partial charge in [-0.25, -0.2) is 0 Å². The lowest BCUT2D eigenvalue weighted by Crippen LogP contribution is -2.65. The van der Waals surface area contributed by atoms with Crippen molar-refractivity contribution in [1.29, 1.82) is 0 Å². The van der Waals surface area contributed by atoms with Crippen molar-refractivity contribution in [2.75, 3.05) is 13.2 Å². The van der Waals surface area contributed by atoms with E-state index in [0.717, 1.165) is 32.1 Å². The Bertz CT molecular complexity index is 585. The molecular formula is C23H38O4. The SMILES string of the molecule is CC(O)C1CCC2C3CC[C@H]4CC(O)CCC4(C)C3CC3(OCCO3)C12C. The van der Waals surface area contributed by atoms with E-state index in [0.29, 0.717) is 42.3 Å².